The van der Waals surface area contributed by atoms with Gasteiger partial charge in [-0.2, -0.15) is 0 Å². The molecule has 2 nitrogen and oxygen atoms in total. The maximum absolute atomic E-state index is 14.7. The minimum atomic E-state index is -0.144. The van der Waals surface area contributed by atoms with Gasteiger partial charge in [-0.05, 0) is 42.0 Å². The second kappa shape index (κ2) is 6.36. The van der Waals surface area contributed by atoms with Crippen molar-refractivity contribution in [2.75, 3.05) is 18.8 Å². The van der Waals surface area contributed by atoms with Crippen molar-refractivity contribution in [2.24, 2.45) is 4.40 Å². The molecule has 1 atom stereocenters. The highest BCUT2D eigenvalue weighted by Crippen LogP contribution is 2.34. The molecule has 0 bridgehead atoms. The number of benzene rings is 2. The van der Waals surface area contributed by atoms with Crippen molar-refractivity contribution in [1.82, 2.24) is 4.90 Å². The van der Waals surface area contributed by atoms with E-state index in [4.69, 9.17) is 0 Å². The van der Waals surface area contributed by atoms with Crippen molar-refractivity contribution in [1.29, 1.82) is 0 Å². The van der Waals surface area contributed by atoms with Gasteiger partial charge in [-0.1, -0.05) is 42.5 Å². The molecule has 0 spiro atoms. The number of nitrogens with zero attached hydrogens (tertiary/aromatic N) is 2. The van der Waals surface area contributed by atoms with Crippen molar-refractivity contribution in [3.8, 4) is 11.1 Å². The predicted octanol–water partition coefficient (Wildman–Crippen LogP) is 4.73. The first-order valence-corrected chi connectivity index (χ1v) is 9.07. The van der Waals surface area contributed by atoms with Crippen LogP contribution >= 0.6 is 11.9 Å². The molecule has 0 amide bonds. The molecule has 0 aromatic heterocycles. The molecule has 2 aromatic rings. The molecule has 118 valence electrons. The normalized spacial score (nSPS) is 20.8. The minimum absolute atomic E-state index is 0.144. The van der Waals surface area contributed by atoms with Crippen molar-refractivity contribution in [3.05, 3.63) is 59.9 Å². The maximum atomic E-state index is 14.7. The van der Waals surface area contributed by atoms with E-state index in [1.165, 1.54) is 0 Å². The lowest BCUT2D eigenvalue weighted by atomic mass is 9.88. The van der Waals surface area contributed by atoms with Crippen LogP contribution in [0.1, 0.15) is 24.3 Å². The Hall–Kier alpha value is -1.81. The maximum Gasteiger partial charge on any atom is 0.131 e. The van der Waals surface area contributed by atoms with Gasteiger partial charge >= 0.3 is 0 Å². The average molecular weight is 326 g/mol. The van der Waals surface area contributed by atoms with Gasteiger partial charge in [0.15, 0.2) is 0 Å². The van der Waals surface area contributed by atoms with Gasteiger partial charge in [0.2, 0.25) is 0 Å². The zero-order valence-electron chi connectivity index (χ0n) is 12.9. The monoisotopic (exact) mass is 326 g/mol. The molecular weight excluding hydrogens is 307 g/mol. The summed E-state index contributed by atoms with van der Waals surface area (Å²) in [5.74, 6) is 2.28. The first-order valence-electron chi connectivity index (χ1n) is 8.12. The van der Waals surface area contributed by atoms with Crippen LogP contribution in [0.25, 0.3) is 11.1 Å². The Morgan fingerprint density at radius 3 is 2.78 bits per heavy atom. The second-order valence-electron chi connectivity index (χ2n) is 6.07. The summed E-state index contributed by atoms with van der Waals surface area (Å²) in [6.45, 7) is 2.14. The van der Waals surface area contributed by atoms with Crippen LogP contribution in [0.3, 0.4) is 0 Å². The fourth-order valence-corrected chi connectivity index (χ4v) is 4.24. The Balaban J connectivity index is 1.67. The highest BCUT2D eigenvalue weighted by Gasteiger charge is 2.30. The largest absolute Gasteiger partial charge is 0.358 e. The van der Waals surface area contributed by atoms with Crippen molar-refractivity contribution in [3.63, 3.8) is 0 Å². The zero-order valence-corrected chi connectivity index (χ0v) is 13.7. The molecule has 0 radical (unpaired) electrons. The van der Waals surface area contributed by atoms with Crippen LogP contribution in [-0.4, -0.2) is 29.6 Å². The third kappa shape index (κ3) is 2.88. The summed E-state index contributed by atoms with van der Waals surface area (Å²) in [4.78, 5) is 2.37. The lowest BCUT2D eigenvalue weighted by molar-refractivity contribution is 0.371. The number of amidine groups is 1. The molecule has 2 aliphatic rings. The van der Waals surface area contributed by atoms with E-state index >= 15 is 0 Å². The molecule has 2 heterocycles. The summed E-state index contributed by atoms with van der Waals surface area (Å²) in [6, 6.07) is 15.4. The van der Waals surface area contributed by atoms with Gasteiger partial charge in [0.1, 0.15) is 11.7 Å². The fraction of sp³-hybridized carbons (Fsp3) is 0.316. The van der Waals surface area contributed by atoms with Crippen LogP contribution in [0.4, 0.5) is 4.39 Å². The Morgan fingerprint density at radius 1 is 1.09 bits per heavy atom. The Morgan fingerprint density at radius 2 is 1.96 bits per heavy atom. The molecule has 4 heteroatoms. The number of hydrogen-bond donors (Lipinski definition) is 0. The van der Waals surface area contributed by atoms with E-state index in [9.17, 15) is 4.39 Å². The number of halogens is 1. The highest BCUT2D eigenvalue weighted by molar-refractivity contribution is 7.98. The zero-order chi connectivity index (χ0) is 15.6. The van der Waals surface area contributed by atoms with Crippen LogP contribution in [0.5, 0.6) is 0 Å². The Kier molecular flexibility index (Phi) is 4.08. The van der Waals surface area contributed by atoms with E-state index in [0.717, 1.165) is 48.6 Å². The van der Waals surface area contributed by atoms with Gasteiger partial charge in [-0.25, -0.2) is 8.79 Å². The molecule has 0 N–H and O–H groups in total. The molecule has 0 saturated carbocycles. The topological polar surface area (TPSA) is 15.6 Å². The number of piperidine rings is 1. The summed E-state index contributed by atoms with van der Waals surface area (Å²) in [6.07, 6.45) is 2.20. The molecule has 0 aliphatic carbocycles. The van der Waals surface area contributed by atoms with Crippen molar-refractivity contribution in [2.45, 2.75) is 18.8 Å². The molecular formula is C19H19FN2S. The van der Waals surface area contributed by atoms with Gasteiger partial charge in [-0.3, -0.25) is 0 Å². The summed E-state index contributed by atoms with van der Waals surface area (Å²) in [5, 5.41) is 0. The van der Waals surface area contributed by atoms with E-state index in [0.29, 0.717) is 5.56 Å². The Bertz CT molecular complexity index is 729. The van der Waals surface area contributed by atoms with E-state index in [2.05, 4.69) is 15.4 Å². The molecule has 1 fully saturated rings. The summed E-state index contributed by atoms with van der Waals surface area (Å²) < 4.78 is 19.3. The smallest absolute Gasteiger partial charge is 0.131 e. The lowest BCUT2D eigenvalue weighted by Crippen LogP contribution is -2.43. The Labute approximate surface area is 140 Å². The van der Waals surface area contributed by atoms with Gasteiger partial charge in [0.25, 0.3) is 0 Å². The first-order chi connectivity index (χ1) is 11.3. The number of rotatable bonds is 2. The van der Waals surface area contributed by atoms with Crippen LogP contribution in [0.2, 0.25) is 0 Å². The van der Waals surface area contributed by atoms with Crippen molar-refractivity contribution >= 4 is 17.8 Å². The van der Waals surface area contributed by atoms with Gasteiger partial charge in [-0.15, -0.1) is 0 Å². The molecule has 23 heavy (non-hydrogen) atoms. The highest BCUT2D eigenvalue weighted by atomic mass is 32.2. The fourth-order valence-electron chi connectivity index (χ4n) is 3.48. The molecule has 1 unspecified atom stereocenters. The number of fused-ring (bicyclic) bond motifs is 1. The first kappa shape index (κ1) is 14.8. The summed E-state index contributed by atoms with van der Waals surface area (Å²) >= 11 is 1.64. The molecule has 2 aromatic carbocycles. The van der Waals surface area contributed by atoms with Gasteiger partial charge < -0.3 is 4.90 Å². The SMILES string of the molecule is Fc1cc(C2CCCN3CCSN=C23)ccc1-c1ccccc1. The van der Waals surface area contributed by atoms with E-state index in [1.807, 2.05) is 36.4 Å². The third-order valence-electron chi connectivity index (χ3n) is 4.65. The van der Waals surface area contributed by atoms with Crippen LogP contribution in [0.15, 0.2) is 52.9 Å². The predicted molar refractivity (Wildman–Crippen MR) is 95.3 cm³/mol. The average Bonchev–Trinajstić information content (AvgIpc) is 2.62. The summed E-state index contributed by atoms with van der Waals surface area (Å²) in [5.41, 5.74) is 2.64. The molecule has 4 rings (SSSR count). The second-order valence-corrected chi connectivity index (χ2v) is 6.92. The van der Waals surface area contributed by atoms with E-state index in [-0.39, 0.29) is 11.7 Å². The molecule has 2 aliphatic heterocycles. The van der Waals surface area contributed by atoms with E-state index < -0.39 is 0 Å². The lowest BCUT2D eigenvalue weighted by Gasteiger charge is -2.37. The van der Waals surface area contributed by atoms with E-state index in [1.54, 1.807) is 18.0 Å². The third-order valence-corrected chi connectivity index (χ3v) is 5.33. The minimum Gasteiger partial charge on any atom is -0.358 e. The standard InChI is InChI=1S/C19H19FN2S/c20-18-13-15(8-9-16(18)14-5-2-1-3-6-14)17-7-4-10-22-11-12-23-21-19(17)22/h1-3,5-6,8-9,13,17H,4,7,10-12H2. The summed E-state index contributed by atoms with van der Waals surface area (Å²) in [7, 11) is 0. The number of hydrogen-bond acceptors (Lipinski definition) is 3. The van der Waals surface area contributed by atoms with Crippen LogP contribution in [0, 0.1) is 5.82 Å². The molecule has 1 saturated heterocycles. The quantitative estimate of drug-likeness (QED) is 0.741. The van der Waals surface area contributed by atoms with Gasteiger partial charge in [0, 0.05) is 30.3 Å². The van der Waals surface area contributed by atoms with Crippen molar-refractivity contribution < 1.29 is 4.39 Å². The van der Waals surface area contributed by atoms with Crippen LogP contribution < -0.4 is 0 Å². The van der Waals surface area contributed by atoms with Crippen LogP contribution in [-0.2, 0) is 0 Å². The van der Waals surface area contributed by atoms with Gasteiger partial charge in [0.05, 0.1) is 0 Å².